The first kappa shape index (κ1) is 78.4. The molecule has 6 heteroatoms. The molecule has 4 N–H and O–H groups in total. The van der Waals surface area contributed by atoms with Crippen molar-refractivity contribution in [1.29, 1.82) is 0 Å². The van der Waals surface area contributed by atoms with Gasteiger partial charge in [-0.15, -0.1) is 0 Å². The van der Waals surface area contributed by atoms with Gasteiger partial charge in [-0.1, -0.05) is 247 Å². The van der Waals surface area contributed by atoms with Gasteiger partial charge in [-0.05, 0) is 191 Å². The molecule has 10 unspecified atom stereocenters. The molecule has 0 saturated carbocycles. The summed E-state index contributed by atoms with van der Waals surface area (Å²) in [6.45, 7) is 28.3. The second kappa shape index (κ2) is 49.4. The van der Waals surface area contributed by atoms with E-state index in [1.807, 2.05) is 30.4 Å². The zero-order chi connectivity index (χ0) is 61.8. The van der Waals surface area contributed by atoms with Gasteiger partial charge in [-0.25, -0.2) is 0 Å². The molecule has 6 rings (SSSR count). The van der Waals surface area contributed by atoms with E-state index >= 15 is 0 Å². The third kappa shape index (κ3) is 43.6. The Morgan fingerprint density at radius 2 is 0.663 bits per heavy atom. The maximum Gasteiger partial charge on any atom is 0.155 e. The molecule has 0 heterocycles. The van der Waals surface area contributed by atoms with Crippen LogP contribution in [0.2, 0.25) is 0 Å². The van der Waals surface area contributed by atoms with Crippen LogP contribution in [0.5, 0.6) is 0 Å². The molecule has 6 aliphatic rings. The van der Waals surface area contributed by atoms with E-state index in [4.69, 9.17) is 0 Å². The van der Waals surface area contributed by atoms with Gasteiger partial charge in [0.05, 0.1) is 24.4 Å². The summed E-state index contributed by atoms with van der Waals surface area (Å²) in [5.74, 6) is 5.59. The summed E-state index contributed by atoms with van der Waals surface area (Å²) in [5.41, 5.74) is 8.03. The first-order valence-electron chi connectivity index (χ1n) is 35.1. The summed E-state index contributed by atoms with van der Waals surface area (Å²) >= 11 is 0. The van der Waals surface area contributed by atoms with Gasteiger partial charge in [0.2, 0.25) is 0 Å². The monoisotopic (exact) mass is 1160 g/mol. The quantitative estimate of drug-likeness (QED) is 0.0481. The van der Waals surface area contributed by atoms with Crippen molar-refractivity contribution in [3.05, 3.63) is 82.0 Å². The fourth-order valence-electron chi connectivity index (χ4n) is 13.9. The van der Waals surface area contributed by atoms with Gasteiger partial charge in [0.1, 0.15) is 0 Å². The van der Waals surface area contributed by atoms with Gasteiger partial charge in [0.25, 0.3) is 0 Å². The Morgan fingerprint density at radius 1 is 0.373 bits per heavy atom. The van der Waals surface area contributed by atoms with E-state index in [0.717, 1.165) is 94.3 Å². The van der Waals surface area contributed by atoms with Gasteiger partial charge >= 0.3 is 0 Å². The predicted molar refractivity (Wildman–Crippen MR) is 361 cm³/mol. The molecule has 0 bridgehead atoms. The van der Waals surface area contributed by atoms with Crippen LogP contribution in [0.15, 0.2) is 82.0 Å². The molecule has 6 nitrogen and oxygen atoms in total. The van der Waals surface area contributed by atoms with E-state index in [0.29, 0.717) is 29.3 Å². The Bertz CT molecular complexity index is 1890. The molecule has 10 atom stereocenters. The van der Waals surface area contributed by atoms with Crippen molar-refractivity contribution in [3.8, 4) is 0 Å². The Morgan fingerprint density at radius 3 is 1.00 bits per heavy atom. The van der Waals surface area contributed by atoms with Crippen molar-refractivity contribution in [1.82, 2.24) is 0 Å². The van der Waals surface area contributed by atoms with Crippen LogP contribution in [0.3, 0.4) is 0 Å². The number of carbonyl (C=O) groups is 2. The standard InChI is InChI=1S/C14H26O.C14H24O.C13H24O.C13H20O.C12H22O.C11H20O/c2*1-3-4-5-6-7-8-13-9-12(2)10-14(15)11-13;2*1-3-4-5-6-7-12-8-11(2)9-13(14)10-12;1-3-4-5-6-11-7-10(2)8-12(13)9-11;1-8(2)4-10-5-9(3)6-11(12)7-10/h10,13-15H,3-9,11H2,1-2H3;10,13H,3-9,11H2,1-2H3;9,12-14H,3-8,10H2,1-2H3;4-5,9,12H,3,6-8,10H2,1-2H3;8,11-13H,3-7,9H2,1-2H3;6,8,10-12H,4-5,7H2,1-3H3/b;;;5-4-;;. The van der Waals surface area contributed by atoms with E-state index in [1.165, 1.54) is 200 Å². The van der Waals surface area contributed by atoms with Crippen molar-refractivity contribution >= 4 is 11.6 Å². The molecule has 0 fully saturated rings. The topological polar surface area (TPSA) is 115 Å². The third-order valence-corrected chi connectivity index (χ3v) is 17.7. The minimum atomic E-state index is -0.178. The first-order valence-corrected chi connectivity index (χ1v) is 35.1. The number of aliphatic hydroxyl groups excluding tert-OH is 4. The van der Waals surface area contributed by atoms with Gasteiger partial charge in [0, 0.05) is 12.8 Å². The Labute approximate surface area is 514 Å². The molecule has 0 aliphatic heterocycles. The molecule has 6 aliphatic carbocycles. The van der Waals surface area contributed by atoms with E-state index in [2.05, 4.69) is 102 Å². The van der Waals surface area contributed by atoms with Gasteiger partial charge in [-0.2, -0.15) is 0 Å². The number of unbranched alkanes of at least 4 members (excludes halogenated alkanes) is 13. The largest absolute Gasteiger partial charge is 0.389 e. The summed E-state index contributed by atoms with van der Waals surface area (Å²) in [7, 11) is 0. The van der Waals surface area contributed by atoms with Gasteiger partial charge in [0.15, 0.2) is 11.6 Å². The van der Waals surface area contributed by atoms with E-state index in [-0.39, 0.29) is 24.4 Å². The van der Waals surface area contributed by atoms with Crippen molar-refractivity contribution in [2.75, 3.05) is 0 Å². The van der Waals surface area contributed by atoms with Crippen molar-refractivity contribution < 1.29 is 30.0 Å². The minimum Gasteiger partial charge on any atom is -0.389 e. The number of hydrogen-bond donors (Lipinski definition) is 4. The van der Waals surface area contributed by atoms with Crippen LogP contribution in [-0.4, -0.2) is 56.4 Å². The van der Waals surface area contributed by atoms with Crippen LogP contribution in [0.1, 0.15) is 328 Å². The lowest BCUT2D eigenvalue weighted by molar-refractivity contribution is -0.116. The Hall–Kier alpha value is -2.64. The van der Waals surface area contributed by atoms with Crippen LogP contribution < -0.4 is 0 Å². The highest BCUT2D eigenvalue weighted by Gasteiger charge is 2.23. The number of hydrogen-bond acceptors (Lipinski definition) is 6. The molecule has 0 aromatic heterocycles. The van der Waals surface area contributed by atoms with E-state index in [9.17, 15) is 30.0 Å². The average molecular weight is 1160 g/mol. The summed E-state index contributed by atoms with van der Waals surface area (Å²) in [4.78, 5) is 22.6. The number of ketones is 2. The fourth-order valence-corrected chi connectivity index (χ4v) is 13.9. The second-order valence-electron chi connectivity index (χ2n) is 27.8. The van der Waals surface area contributed by atoms with Crippen LogP contribution in [0, 0.1) is 41.4 Å². The minimum absolute atomic E-state index is 0.166. The Balaban J connectivity index is 0.000000499. The zero-order valence-corrected chi connectivity index (χ0v) is 56.7. The van der Waals surface area contributed by atoms with Crippen LogP contribution in [0.25, 0.3) is 0 Å². The summed E-state index contributed by atoms with van der Waals surface area (Å²) < 4.78 is 0. The van der Waals surface area contributed by atoms with Crippen molar-refractivity contribution in [2.45, 2.75) is 352 Å². The molecule has 0 spiro atoms. The van der Waals surface area contributed by atoms with E-state index in [1.54, 1.807) is 6.08 Å². The maximum atomic E-state index is 11.3. The first-order chi connectivity index (χ1) is 39.7. The molecule has 0 aromatic carbocycles. The predicted octanol–water partition coefficient (Wildman–Crippen LogP) is 21.7. The van der Waals surface area contributed by atoms with Crippen LogP contribution >= 0.6 is 0 Å². The molecular weight excluding hydrogens is 1020 g/mol. The maximum absolute atomic E-state index is 11.3. The molecule has 0 radical (unpaired) electrons. The SMILES string of the molecule is CC/C=C\CCC1CC(=O)C=C(C)C1.CC1=CC(O)CC(CC(C)C)C1.CCCCCC1CC(C)=CC(O)C1.CCCCCCC1CC(C)=CC(O)C1.CCCCCCCC1CC(=O)C=C(C)C1.CCCCCCCC1CC(C)=CC(O)C1. The number of carbonyl (C=O) groups excluding carboxylic acids is 2. The average Bonchev–Trinajstić information content (AvgIpc) is 3.40. The third-order valence-electron chi connectivity index (χ3n) is 17.7. The van der Waals surface area contributed by atoms with Crippen LogP contribution in [-0.2, 0) is 9.59 Å². The highest BCUT2D eigenvalue weighted by Crippen LogP contribution is 2.33. The number of allylic oxidation sites excluding steroid dienone is 10. The number of aliphatic hydroxyl groups is 4. The molecule has 0 aromatic rings. The second-order valence-corrected chi connectivity index (χ2v) is 27.8. The lowest BCUT2D eigenvalue weighted by atomic mass is 9.83. The lowest BCUT2D eigenvalue weighted by Crippen LogP contribution is -2.18. The lowest BCUT2D eigenvalue weighted by Gasteiger charge is -2.25. The zero-order valence-electron chi connectivity index (χ0n) is 56.7. The highest BCUT2D eigenvalue weighted by molar-refractivity contribution is 5.91. The summed E-state index contributed by atoms with van der Waals surface area (Å²) in [6, 6.07) is 0. The molecule has 480 valence electrons. The van der Waals surface area contributed by atoms with Crippen molar-refractivity contribution in [3.63, 3.8) is 0 Å². The number of rotatable bonds is 27. The van der Waals surface area contributed by atoms with Gasteiger partial charge < -0.3 is 20.4 Å². The summed E-state index contributed by atoms with van der Waals surface area (Å²) in [6.07, 6.45) is 60.7. The summed E-state index contributed by atoms with van der Waals surface area (Å²) in [5, 5.41) is 38.2. The normalized spacial score (nSPS) is 26.1. The molecule has 0 amide bonds. The molecular formula is C77H136O6. The Kier molecular flexibility index (Phi) is 46.6. The molecule has 0 saturated heterocycles. The molecule has 83 heavy (non-hydrogen) atoms. The highest BCUT2D eigenvalue weighted by atomic mass is 16.3. The smallest absolute Gasteiger partial charge is 0.155 e. The van der Waals surface area contributed by atoms with Gasteiger partial charge in [-0.3, -0.25) is 9.59 Å². The van der Waals surface area contributed by atoms with Crippen molar-refractivity contribution in [2.24, 2.45) is 41.4 Å². The van der Waals surface area contributed by atoms with Crippen LogP contribution in [0.4, 0.5) is 0 Å². The fraction of sp³-hybridized carbons (Fsp3) is 0.792. The van der Waals surface area contributed by atoms with E-state index < -0.39 is 0 Å².